The van der Waals surface area contributed by atoms with Crippen molar-refractivity contribution in [3.8, 4) is 0 Å². The van der Waals surface area contributed by atoms with Crippen molar-refractivity contribution >= 4 is 0 Å². The molecule has 2 aromatic carbocycles. The van der Waals surface area contributed by atoms with Gasteiger partial charge in [-0.15, -0.1) is 0 Å². The predicted molar refractivity (Wildman–Crippen MR) is 107 cm³/mol. The van der Waals surface area contributed by atoms with Crippen LogP contribution in [-0.4, -0.2) is 6.54 Å². The first-order valence-electron chi connectivity index (χ1n) is 8.62. The predicted octanol–water partition coefficient (Wildman–Crippen LogP) is 5.07. The average molecular weight is 328 g/mol. The Bertz CT molecular complexity index is 566. The Morgan fingerprint density at radius 1 is 1.00 bits per heavy atom. The Morgan fingerprint density at radius 3 is 1.83 bits per heavy atom. The van der Waals surface area contributed by atoms with Gasteiger partial charge >= 0.3 is 0 Å². The van der Waals surface area contributed by atoms with Crippen LogP contribution >= 0.6 is 0 Å². The summed E-state index contributed by atoms with van der Waals surface area (Å²) in [6.45, 7) is 15.5. The SMILES string of the molecule is CC(C)(C)c1cc[c]cc1.CCN.Cc1ccc(C(C)N)cc1C. The summed E-state index contributed by atoms with van der Waals surface area (Å²) in [6, 6.07) is 17.7. The molecule has 133 valence electrons. The van der Waals surface area contributed by atoms with E-state index in [1.54, 1.807) is 0 Å². The molecule has 0 saturated carbocycles. The molecular weight excluding hydrogens is 292 g/mol. The van der Waals surface area contributed by atoms with Gasteiger partial charge in [0.25, 0.3) is 0 Å². The minimum absolute atomic E-state index is 0.147. The first-order chi connectivity index (χ1) is 11.1. The second-order valence-electron chi connectivity index (χ2n) is 7.08. The molecule has 1 radical (unpaired) electrons. The maximum atomic E-state index is 5.73. The van der Waals surface area contributed by atoms with E-state index in [4.69, 9.17) is 11.5 Å². The number of rotatable bonds is 1. The van der Waals surface area contributed by atoms with E-state index in [1.165, 1.54) is 22.3 Å². The molecule has 0 saturated heterocycles. The average Bonchev–Trinajstić information content (AvgIpc) is 2.51. The fourth-order valence-corrected chi connectivity index (χ4v) is 1.93. The van der Waals surface area contributed by atoms with Crippen LogP contribution in [0.5, 0.6) is 0 Å². The maximum absolute atomic E-state index is 5.73. The summed E-state index contributed by atoms with van der Waals surface area (Å²) in [4.78, 5) is 0. The second kappa shape index (κ2) is 11.0. The quantitative estimate of drug-likeness (QED) is 0.768. The van der Waals surface area contributed by atoms with E-state index < -0.39 is 0 Å². The van der Waals surface area contributed by atoms with Crippen molar-refractivity contribution in [2.75, 3.05) is 6.54 Å². The second-order valence-corrected chi connectivity index (χ2v) is 7.08. The molecule has 0 aliphatic carbocycles. The molecule has 2 nitrogen and oxygen atoms in total. The third-order valence-corrected chi connectivity index (χ3v) is 3.64. The molecule has 2 rings (SSSR count). The molecular formula is C22H35N2. The smallest absolute Gasteiger partial charge is 0.0266 e. The van der Waals surface area contributed by atoms with Crippen LogP contribution in [0.4, 0.5) is 0 Å². The third-order valence-electron chi connectivity index (χ3n) is 3.64. The molecule has 0 bridgehead atoms. The Kier molecular flexibility index (Phi) is 10.3. The first kappa shape index (κ1) is 22.4. The number of hydrogen-bond donors (Lipinski definition) is 2. The molecule has 0 aliphatic rings. The van der Waals surface area contributed by atoms with Gasteiger partial charge in [-0.3, -0.25) is 0 Å². The summed E-state index contributed by atoms with van der Waals surface area (Å²) in [6.07, 6.45) is 0. The van der Waals surface area contributed by atoms with E-state index in [1.807, 2.05) is 26.0 Å². The molecule has 2 aromatic rings. The molecule has 0 aromatic heterocycles. The minimum Gasteiger partial charge on any atom is -0.331 e. The van der Waals surface area contributed by atoms with Crippen LogP contribution in [-0.2, 0) is 5.41 Å². The number of nitrogens with two attached hydrogens (primary N) is 2. The molecule has 1 unspecified atom stereocenters. The first-order valence-corrected chi connectivity index (χ1v) is 8.62. The van der Waals surface area contributed by atoms with Crippen LogP contribution in [0.2, 0.25) is 0 Å². The molecule has 4 N–H and O–H groups in total. The van der Waals surface area contributed by atoms with Crippen LogP contribution in [0.25, 0.3) is 0 Å². The van der Waals surface area contributed by atoms with E-state index in [-0.39, 0.29) is 11.5 Å². The van der Waals surface area contributed by atoms with Crippen molar-refractivity contribution in [3.05, 3.63) is 70.8 Å². The Hall–Kier alpha value is -1.64. The van der Waals surface area contributed by atoms with Gasteiger partial charge in [0.1, 0.15) is 0 Å². The highest BCUT2D eigenvalue weighted by molar-refractivity contribution is 5.31. The van der Waals surface area contributed by atoms with Crippen LogP contribution in [0.1, 0.15) is 62.9 Å². The number of aryl methyl sites for hydroxylation is 2. The van der Waals surface area contributed by atoms with Crippen molar-refractivity contribution in [2.45, 2.75) is 59.9 Å². The largest absolute Gasteiger partial charge is 0.331 e. The molecule has 0 amide bonds. The van der Waals surface area contributed by atoms with Crippen LogP contribution in [0, 0.1) is 19.9 Å². The zero-order valence-electron chi connectivity index (χ0n) is 16.5. The van der Waals surface area contributed by atoms with Crippen LogP contribution in [0.15, 0.2) is 42.5 Å². The highest BCUT2D eigenvalue weighted by atomic mass is 14.6. The van der Waals surface area contributed by atoms with Gasteiger partial charge in [-0.05, 0) is 61.1 Å². The Labute approximate surface area is 149 Å². The summed E-state index contributed by atoms with van der Waals surface area (Å²) in [5.41, 5.74) is 16.1. The molecule has 2 heteroatoms. The van der Waals surface area contributed by atoms with Crippen molar-refractivity contribution < 1.29 is 0 Å². The Morgan fingerprint density at radius 2 is 1.50 bits per heavy atom. The van der Waals surface area contributed by atoms with Gasteiger partial charge in [0.2, 0.25) is 0 Å². The van der Waals surface area contributed by atoms with Gasteiger partial charge in [-0.25, -0.2) is 0 Å². The molecule has 0 heterocycles. The summed E-state index contributed by atoms with van der Waals surface area (Å²) < 4.78 is 0. The van der Waals surface area contributed by atoms with E-state index in [9.17, 15) is 0 Å². The highest BCUT2D eigenvalue weighted by Crippen LogP contribution is 2.20. The minimum atomic E-state index is 0.147. The number of benzene rings is 2. The van der Waals surface area contributed by atoms with Gasteiger partial charge in [0, 0.05) is 6.04 Å². The lowest BCUT2D eigenvalue weighted by Gasteiger charge is -2.17. The van der Waals surface area contributed by atoms with Gasteiger partial charge in [-0.1, -0.05) is 70.2 Å². The monoisotopic (exact) mass is 327 g/mol. The van der Waals surface area contributed by atoms with Crippen molar-refractivity contribution in [3.63, 3.8) is 0 Å². The molecule has 1 atom stereocenters. The third kappa shape index (κ3) is 8.85. The summed E-state index contributed by atoms with van der Waals surface area (Å²) in [5.74, 6) is 0. The van der Waals surface area contributed by atoms with Gasteiger partial charge < -0.3 is 11.5 Å². The maximum Gasteiger partial charge on any atom is 0.0266 e. The normalized spacial score (nSPS) is 11.5. The molecule has 0 spiro atoms. The van der Waals surface area contributed by atoms with E-state index in [0.29, 0.717) is 0 Å². The van der Waals surface area contributed by atoms with Crippen molar-refractivity contribution in [1.82, 2.24) is 0 Å². The van der Waals surface area contributed by atoms with Gasteiger partial charge in [-0.2, -0.15) is 0 Å². The zero-order valence-corrected chi connectivity index (χ0v) is 16.5. The van der Waals surface area contributed by atoms with Crippen molar-refractivity contribution in [2.24, 2.45) is 11.5 Å². The lowest BCUT2D eigenvalue weighted by Crippen LogP contribution is -2.10. The Balaban J connectivity index is 0.000000381. The van der Waals surface area contributed by atoms with E-state index in [0.717, 1.165) is 6.54 Å². The van der Waals surface area contributed by atoms with Crippen LogP contribution < -0.4 is 11.5 Å². The standard InChI is InChI=1S/C10H15N.C10H13.C2H7N/c1-7-4-5-10(9(3)11)6-8(7)2;1-10(2,3)9-7-5-4-6-8-9;1-2-3/h4-6,9H,11H2,1-3H3;5-8H,1-3H3;2-3H2,1H3. The molecule has 0 aliphatic heterocycles. The lowest BCUT2D eigenvalue weighted by atomic mass is 9.87. The summed E-state index contributed by atoms with van der Waals surface area (Å²) >= 11 is 0. The van der Waals surface area contributed by atoms with Gasteiger partial charge in [0.05, 0.1) is 0 Å². The van der Waals surface area contributed by atoms with Crippen LogP contribution in [0.3, 0.4) is 0 Å². The van der Waals surface area contributed by atoms with E-state index in [2.05, 4.69) is 71.0 Å². The topological polar surface area (TPSA) is 52.0 Å². The number of hydrogen-bond acceptors (Lipinski definition) is 2. The zero-order chi connectivity index (χ0) is 18.8. The van der Waals surface area contributed by atoms with Crippen molar-refractivity contribution in [1.29, 1.82) is 0 Å². The lowest BCUT2D eigenvalue weighted by molar-refractivity contribution is 0.590. The molecule has 24 heavy (non-hydrogen) atoms. The van der Waals surface area contributed by atoms with E-state index >= 15 is 0 Å². The summed E-state index contributed by atoms with van der Waals surface area (Å²) in [5, 5.41) is 0. The fraction of sp³-hybridized carbons (Fsp3) is 0.455. The van der Waals surface area contributed by atoms with Gasteiger partial charge in [0.15, 0.2) is 0 Å². The molecule has 0 fully saturated rings. The summed E-state index contributed by atoms with van der Waals surface area (Å²) in [7, 11) is 0. The fourth-order valence-electron chi connectivity index (χ4n) is 1.93. The highest BCUT2D eigenvalue weighted by Gasteiger charge is 2.11.